The lowest BCUT2D eigenvalue weighted by atomic mass is 10.1. The van der Waals surface area contributed by atoms with Gasteiger partial charge in [0.15, 0.2) is 0 Å². The van der Waals surface area contributed by atoms with Gasteiger partial charge in [0.25, 0.3) is 0 Å². The third-order valence-electron chi connectivity index (χ3n) is 3.02. The third-order valence-corrected chi connectivity index (χ3v) is 3.02. The van der Waals surface area contributed by atoms with E-state index in [1.54, 1.807) is 12.5 Å². The average Bonchev–Trinajstić information content (AvgIpc) is 2.37. The van der Waals surface area contributed by atoms with E-state index in [1.807, 2.05) is 6.07 Å². The van der Waals surface area contributed by atoms with Crippen LogP contribution in [0.15, 0.2) is 18.6 Å². The molecule has 0 spiro atoms. The zero-order valence-electron chi connectivity index (χ0n) is 11.2. The van der Waals surface area contributed by atoms with Crippen LogP contribution in [0.5, 0.6) is 0 Å². The van der Waals surface area contributed by atoms with Crippen LogP contribution in [0.2, 0.25) is 0 Å². The van der Waals surface area contributed by atoms with Gasteiger partial charge in [-0.25, -0.2) is 9.97 Å². The standard InChI is InChI=1S/C14H25N3/c1-3-4-5-6-7-8-13(2)16-11-14-9-10-15-12-17-14/h9-10,12-13,16H,3-8,11H2,1-2H3. The Labute approximate surface area is 105 Å². The zero-order chi connectivity index (χ0) is 12.3. The smallest absolute Gasteiger partial charge is 0.115 e. The maximum Gasteiger partial charge on any atom is 0.115 e. The summed E-state index contributed by atoms with van der Waals surface area (Å²) < 4.78 is 0. The van der Waals surface area contributed by atoms with Crippen molar-refractivity contribution >= 4 is 0 Å². The minimum atomic E-state index is 0.576. The minimum absolute atomic E-state index is 0.576. The van der Waals surface area contributed by atoms with Crippen molar-refractivity contribution in [2.24, 2.45) is 0 Å². The van der Waals surface area contributed by atoms with Crippen LogP contribution in [-0.4, -0.2) is 16.0 Å². The van der Waals surface area contributed by atoms with E-state index >= 15 is 0 Å². The van der Waals surface area contributed by atoms with Gasteiger partial charge in [0.05, 0.1) is 5.69 Å². The fraction of sp³-hybridized carbons (Fsp3) is 0.714. The molecule has 1 atom stereocenters. The van der Waals surface area contributed by atoms with Crippen molar-refractivity contribution in [2.75, 3.05) is 0 Å². The largest absolute Gasteiger partial charge is 0.309 e. The van der Waals surface area contributed by atoms with Gasteiger partial charge in [0.1, 0.15) is 6.33 Å². The van der Waals surface area contributed by atoms with E-state index in [1.165, 1.54) is 38.5 Å². The normalized spacial score (nSPS) is 12.6. The first kappa shape index (κ1) is 14.1. The van der Waals surface area contributed by atoms with E-state index in [9.17, 15) is 0 Å². The fourth-order valence-corrected chi connectivity index (χ4v) is 1.86. The van der Waals surface area contributed by atoms with Crippen LogP contribution in [0.25, 0.3) is 0 Å². The van der Waals surface area contributed by atoms with Crippen LogP contribution in [0.1, 0.15) is 58.1 Å². The molecule has 1 heterocycles. The highest BCUT2D eigenvalue weighted by Gasteiger charge is 2.01. The maximum absolute atomic E-state index is 4.20. The monoisotopic (exact) mass is 235 g/mol. The van der Waals surface area contributed by atoms with Crippen LogP contribution >= 0.6 is 0 Å². The molecule has 0 aromatic carbocycles. The summed E-state index contributed by atoms with van der Waals surface area (Å²) in [6.07, 6.45) is 11.4. The molecular formula is C14H25N3. The Morgan fingerprint density at radius 1 is 1.24 bits per heavy atom. The number of nitrogens with zero attached hydrogens (tertiary/aromatic N) is 2. The van der Waals surface area contributed by atoms with Crippen LogP contribution in [0.4, 0.5) is 0 Å². The SMILES string of the molecule is CCCCCCCC(C)NCc1ccncn1. The summed E-state index contributed by atoms with van der Waals surface area (Å²) in [6, 6.07) is 2.53. The molecule has 0 amide bonds. The van der Waals surface area contributed by atoms with Crippen molar-refractivity contribution in [3.05, 3.63) is 24.3 Å². The van der Waals surface area contributed by atoms with E-state index in [4.69, 9.17) is 0 Å². The van der Waals surface area contributed by atoms with E-state index in [0.29, 0.717) is 6.04 Å². The van der Waals surface area contributed by atoms with Crippen LogP contribution in [0, 0.1) is 0 Å². The summed E-state index contributed by atoms with van der Waals surface area (Å²) in [5.41, 5.74) is 1.07. The van der Waals surface area contributed by atoms with E-state index in [0.717, 1.165) is 12.2 Å². The fourth-order valence-electron chi connectivity index (χ4n) is 1.86. The van der Waals surface area contributed by atoms with Gasteiger partial charge in [-0.3, -0.25) is 0 Å². The summed E-state index contributed by atoms with van der Waals surface area (Å²) in [5, 5.41) is 3.50. The number of rotatable bonds is 9. The van der Waals surface area contributed by atoms with E-state index < -0.39 is 0 Å². The number of nitrogens with one attached hydrogen (secondary N) is 1. The second kappa shape index (κ2) is 9.11. The van der Waals surface area contributed by atoms with Crippen LogP contribution in [-0.2, 0) is 6.54 Å². The van der Waals surface area contributed by atoms with Crippen molar-refractivity contribution in [3.63, 3.8) is 0 Å². The first-order valence-corrected chi connectivity index (χ1v) is 6.81. The second-order valence-electron chi connectivity index (χ2n) is 4.69. The van der Waals surface area contributed by atoms with Gasteiger partial charge in [-0.05, 0) is 19.4 Å². The quantitative estimate of drug-likeness (QED) is 0.667. The minimum Gasteiger partial charge on any atom is -0.309 e. The molecule has 3 heteroatoms. The van der Waals surface area contributed by atoms with E-state index in [2.05, 4.69) is 29.1 Å². The molecule has 1 unspecified atom stereocenters. The molecule has 17 heavy (non-hydrogen) atoms. The van der Waals surface area contributed by atoms with Gasteiger partial charge < -0.3 is 5.32 Å². The van der Waals surface area contributed by atoms with Gasteiger partial charge in [-0.15, -0.1) is 0 Å². The lowest BCUT2D eigenvalue weighted by molar-refractivity contribution is 0.477. The van der Waals surface area contributed by atoms with Crippen molar-refractivity contribution < 1.29 is 0 Å². The molecule has 1 aromatic heterocycles. The molecule has 0 saturated heterocycles. The number of hydrogen-bond acceptors (Lipinski definition) is 3. The zero-order valence-corrected chi connectivity index (χ0v) is 11.2. The predicted octanol–water partition coefficient (Wildman–Crippen LogP) is 3.32. The van der Waals surface area contributed by atoms with Crippen LogP contribution in [0.3, 0.4) is 0 Å². The molecule has 0 aliphatic rings. The third kappa shape index (κ3) is 7.05. The topological polar surface area (TPSA) is 37.8 Å². The summed E-state index contributed by atoms with van der Waals surface area (Å²) in [7, 11) is 0. The second-order valence-corrected chi connectivity index (χ2v) is 4.69. The Bertz CT molecular complexity index is 274. The molecule has 0 fully saturated rings. The van der Waals surface area contributed by atoms with Crippen molar-refractivity contribution in [1.82, 2.24) is 15.3 Å². The van der Waals surface area contributed by atoms with Gasteiger partial charge in [0.2, 0.25) is 0 Å². The molecule has 0 saturated carbocycles. The number of aromatic nitrogens is 2. The van der Waals surface area contributed by atoms with Crippen molar-refractivity contribution in [3.8, 4) is 0 Å². The first-order valence-electron chi connectivity index (χ1n) is 6.81. The van der Waals surface area contributed by atoms with Crippen molar-refractivity contribution in [1.29, 1.82) is 0 Å². The van der Waals surface area contributed by atoms with Crippen LogP contribution < -0.4 is 5.32 Å². The van der Waals surface area contributed by atoms with Gasteiger partial charge in [-0.1, -0.05) is 39.0 Å². The Morgan fingerprint density at radius 2 is 2.06 bits per heavy atom. The van der Waals surface area contributed by atoms with Gasteiger partial charge in [0, 0.05) is 18.8 Å². The molecule has 0 aliphatic heterocycles. The lowest BCUT2D eigenvalue weighted by Crippen LogP contribution is -2.25. The van der Waals surface area contributed by atoms with Gasteiger partial charge in [-0.2, -0.15) is 0 Å². The molecule has 3 nitrogen and oxygen atoms in total. The molecule has 0 aliphatic carbocycles. The van der Waals surface area contributed by atoms with Gasteiger partial charge >= 0.3 is 0 Å². The highest BCUT2D eigenvalue weighted by atomic mass is 14.9. The van der Waals surface area contributed by atoms with E-state index in [-0.39, 0.29) is 0 Å². The molecule has 1 N–H and O–H groups in total. The Morgan fingerprint density at radius 3 is 2.76 bits per heavy atom. The molecule has 1 aromatic rings. The first-order chi connectivity index (χ1) is 8.33. The molecule has 1 rings (SSSR count). The molecule has 0 radical (unpaired) electrons. The van der Waals surface area contributed by atoms with Crippen molar-refractivity contribution in [2.45, 2.75) is 65.0 Å². The Balaban J connectivity index is 2.03. The average molecular weight is 235 g/mol. The summed E-state index contributed by atoms with van der Waals surface area (Å²) >= 11 is 0. The number of unbranched alkanes of at least 4 members (excludes halogenated alkanes) is 4. The highest BCUT2D eigenvalue weighted by molar-refractivity contribution is 4.97. The summed E-state index contributed by atoms with van der Waals surface area (Å²) in [5.74, 6) is 0. The molecule has 0 bridgehead atoms. The maximum atomic E-state index is 4.20. The summed E-state index contributed by atoms with van der Waals surface area (Å²) in [6.45, 7) is 5.35. The molecular weight excluding hydrogens is 210 g/mol. The Kier molecular flexibility index (Phi) is 7.56. The summed E-state index contributed by atoms with van der Waals surface area (Å²) in [4.78, 5) is 8.11. The highest BCUT2D eigenvalue weighted by Crippen LogP contribution is 2.07. The Hall–Kier alpha value is -0.960. The lowest BCUT2D eigenvalue weighted by Gasteiger charge is -2.13. The molecule has 96 valence electrons. The predicted molar refractivity (Wildman–Crippen MR) is 71.7 cm³/mol. The number of hydrogen-bond donors (Lipinski definition) is 1.